The standard InChI is InChI=1S/C20H15N3O5/c1-12(18(25)22-16-9-5-2-6-13(16)10-21)28-17(24)11-23-19(26)14-7-3-4-8-15(14)20(23)27/h2-9,12H,11H2,1H3,(H,22,25)/t12-/m1/s1. The van der Waals surface area contributed by atoms with Gasteiger partial charge in [0.05, 0.1) is 22.4 Å². The normalized spacial score (nSPS) is 13.5. The zero-order chi connectivity index (χ0) is 20.3. The molecule has 1 heterocycles. The third-order valence-electron chi connectivity index (χ3n) is 4.15. The highest BCUT2D eigenvalue weighted by Crippen LogP contribution is 2.22. The number of para-hydroxylation sites is 1. The van der Waals surface area contributed by atoms with Crippen LogP contribution in [0.3, 0.4) is 0 Å². The maximum Gasteiger partial charge on any atom is 0.326 e. The lowest BCUT2D eigenvalue weighted by atomic mass is 10.1. The molecule has 0 saturated heterocycles. The Kier molecular flexibility index (Phi) is 5.18. The summed E-state index contributed by atoms with van der Waals surface area (Å²) in [6, 6.07) is 14.6. The van der Waals surface area contributed by atoms with E-state index in [9.17, 15) is 19.2 Å². The Bertz CT molecular complexity index is 989. The van der Waals surface area contributed by atoms with E-state index in [0.717, 1.165) is 4.90 Å². The predicted molar refractivity (Wildman–Crippen MR) is 97.1 cm³/mol. The number of nitrogens with one attached hydrogen (secondary N) is 1. The number of ether oxygens (including phenoxy) is 1. The number of nitrogens with zero attached hydrogens (tertiary/aromatic N) is 2. The second-order valence-corrected chi connectivity index (χ2v) is 6.02. The van der Waals surface area contributed by atoms with E-state index in [1.807, 2.05) is 6.07 Å². The van der Waals surface area contributed by atoms with Crippen molar-refractivity contribution in [2.75, 3.05) is 11.9 Å². The van der Waals surface area contributed by atoms with Gasteiger partial charge >= 0.3 is 5.97 Å². The molecule has 0 spiro atoms. The molecule has 1 N–H and O–H groups in total. The lowest BCUT2D eigenvalue weighted by Gasteiger charge is -2.17. The summed E-state index contributed by atoms with van der Waals surface area (Å²) < 4.78 is 5.04. The van der Waals surface area contributed by atoms with E-state index in [1.54, 1.807) is 30.3 Å². The molecule has 1 aliphatic rings. The molecule has 0 fully saturated rings. The van der Waals surface area contributed by atoms with Crippen LogP contribution in [0.2, 0.25) is 0 Å². The summed E-state index contributed by atoms with van der Waals surface area (Å²) in [6.07, 6.45) is -1.19. The van der Waals surface area contributed by atoms with Gasteiger partial charge in [0.2, 0.25) is 0 Å². The fraction of sp³-hybridized carbons (Fsp3) is 0.150. The van der Waals surface area contributed by atoms with Crippen LogP contribution in [0.15, 0.2) is 48.5 Å². The minimum atomic E-state index is -1.19. The second-order valence-electron chi connectivity index (χ2n) is 6.02. The highest BCUT2D eigenvalue weighted by atomic mass is 16.5. The quantitative estimate of drug-likeness (QED) is 0.626. The number of hydrogen-bond donors (Lipinski definition) is 1. The van der Waals surface area contributed by atoms with Crippen molar-refractivity contribution in [3.05, 3.63) is 65.2 Å². The van der Waals surface area contributed by atoms with Crippen LogP contribution in [0.5, 0.6) is 0 Å². The molecule has 1 atom stereocenters. The summed E-state index contributed by atoms with van der Waals surface area (Å²) in [5.74, 6) is -2.71. The van der Waals surface area contributed by atoms with Gasteiger partial charge in [-0.2, -0.15) is 5.26 Å². The predicted octanol–water partition coefficient (Wildman–Crippen LogP) is 1.72. The van der Waals surface area contributed by atoms with Crippen LogP contribution in [0.25, 0.3) is 0 Å². The van der Waals surface area contributed by atoms with Crippen molar-refractivity contribution in [2.45, 2.75) is 13.0 Å². The Morgan fingerprint density at radius 3 is 2.25 bits per heavy atom. The van der Waals surface area contributed by atoms with Crippen molar-refractivity contribution in [3.8, 4) is 6.07 Å². The van der Waals surface area contributed by atoms with E-state index in [0.29, 0.717) is 5.69 Å². The number of carbonyl (C=O) groups excluding carboxylic acids is 4. The van der Waals surface area contributed by atoms with Gasteiger partial charge in [-0.05, 0) is 31.2 Å². The molecular formula is C20H15N3O5. The summed E-state index contributed by atoms with van der Waals surface area (Å²) >= 11 is 0. The summed E-state index contributed by atoms with van der Waals surface area (Å²) in [6.45, 7) is 0.753. The number of anilines is 1. The van der Waals surface area contributed by atoms with Crippen LogP contribution in [-0.2, 0) is 14.3 Å². The second kappa shape index (κ2) is 7.72. The van der Waals surface area contributed by atoms with Crippen molar-refractivity contribution in [2.24, 2.45) is 0 Å². The van der Waals surface area contributed by atoms with E-state index in [4.69, 9.17) is 10.00 Å². The lowest BCUT2D eigenvalue weighted by Crippen LogP contribution is -2.38. The van der Waals surface area contributed by atoms with Gasteiger partial charge in [0, 0.05) is 0 Å². The van der Waals surface area contributed by atoms with Crippen molar-refractivity contribution in [3.63, 3.8) is 0 Å². The fourth-order valence-corrected chi connectivity index (χ4v) is 2.72. The van der Waals surface area contributed by atoms with Crippen molar-refractivity contribution >= 4 is 29.4 Å². The highest BCUT2D eigenvalue weighted by Gasteiger charge is 2.37. The van der Waals surface area contributed by atoms with Crippen LogP contribution in [-0.4, -0.2) is 41.2 Å². The van der Waals surface area contributed by atoms with Crippen molar-refractivity contribution in [1.29, 1.82) is 5.26 Å². The zero-order valence-corrected chi connectivity index (χ0v) is 14.8. The summed E-state index contributed by atoms with van der Waals surface area (Å²) in [7, 11) is 0. The molecule has 0 unspecified atom stereocenters. The number of rotatable bonds is 5. The van der Waals surface area contributed by atoms with Gasteiger partial charge in [-0.3, -0.25) is 24.1 Å². The molecule has 8 nitrogen and oxygen atoms in total. The number of hydrogen-bond acceptors (Lipinski definition) is 6. The third kappa shape index (κ3) is 3.59. The molecule has 1 aliphatic heterocycles. The lowest BCUT2D eigenvalue weighted by molar-refractivity contribution is -0.153. The Labute approximate surface area is 160 Å². The van der Waals surface area contributed by atoms with E-state index in [-0.39, 0.29) is 16.7 Å². The maximum atomic E-state index is 12.3. The van der Waals surface area contributed by atoms with Crippen LogP contribution in [0, 0.1) is 11.3 Å². The number of imide groups is 1. The minimum absolute atomic E-state index is 0.221. The van der Waals surface area contributed by atoms with Crippen molar-refractivity contribution < 1.29 is 23.9 Å². The van der Waals surface area contributed by atoms with Gasteiger partial charge < -0.3 is 10.1 Å². The summed E-state index contributed by atoms with van der Waals surface area (Å²) in [5, 5.41) is 11.5. The van der Waals surface area contributed by atoms with Gasteiger partial charge in [-0.25, -0.2) is 0 Å². The fourth-order valence-electron chi connectivity index (χ4n) is 2.72. The van der Waals surface area contributed by atoms with E-state index in [1.165, 1.54) is 25.1 Å². The molecule has 140 valence electrons. The van der Waals surface area contributed by atoms with Gasteiger partial charge in [0.15, 0.2) is 6.10 Å². The molecule has 0 aliphatic carbocycles. The first-order valence-electron chi connectivity index (χ1n) is 8.37. The molecule has 2 aromatic rings. The Morgan fingerprint density at radius 2 is 1.64 bits per heavy atom. The van der Waals surface area contributed by atoms with Crippen LogP contribution < -0.4 is 5.32 Å². The molecule has 0 saturated carbocycles. The third-order valence-corrected chi connectivity index (χ3v) is 4.15. The van der Waals surface area contributed by atoms with Crippen molar-refractivity contribution in [1.82, 2.24) is 4.90 Å². The zero-order valence-electron chi connectivity index (χ0n) is 14.8. The van der Waals surface area contributed by atoms with Gasteiger partial charge in [0.1, 0.15) is 12.6 Å². The molecule has 28 heavy (non-hydrogen) atoms. The smallest absolute Gasteiger partial charge is 0.326 e. The largest absolute Gasteiger partial charge is 0.451 e. The first kappa shape index (κ1) is 18.8. The summed E-state index contributed by atoms with van der Waals surface area (Å²) in [4.78, 5) is 49.6. The Balaban J connectivity index is 1.61. The van der Waals surface area contributed by atoms with Crippen LogP contribution in [0.4, 0.5) is 5.69 Å². The summed E-state index contributed by atoms with van der Waals surface area (Å²) in [5.41, 5.74) is 0.997. The average molecular weight is 377 g/mol. The monoisotopic (exact) mass is 377 g/mol. The molecule has 3 rings (SSSR count). The minimum Gasteiger partial charge on any atom is -0.451 e. The molecule has 3 amide bonds. The SMILES string of the molecule is C[C@@H](OC(=O)CN1C(=O)c2ccccc2C1=O)C(=O)Nc1ccccc1C#N. The molecule has 0 bridgehead atoms. The number of nitriles is 1. The van der Waals surface area contributed by atoms with E-state index in [2.05, 4.69) is 5.32 Å². The molecule has 2 aromatic carbocycles. The van der Waals surface area contributed by atoms with Gasteiger partial charge in [-0.1, -0.05) is 24.3 Å². The highest BCUT2D eigenvalue weighted by molar-refractivity contribution is 6.22. The molecule has 0 radical (unpaired) electrons. The van der Waals surface area contributed by atoms with Crippen LogP contribution >= 0.6 is 0 Å². The average Bonchev–Trinajstić information content (AvgIpc) is 2.93. The first-order chi connectivity index (χ1) is 13.4. The van der Waals surface area contributed by atoms with E-state index >= 15 is 0 Å². The number of carbonyl (C=O) groups is 4. The molecular weight excluding hydrogens is 362 g/mol. The number of amides is 3. The van der Waals surface area contributed by atoms with Gasteiger partial charge in [0.25, 0.3) is 17.7 Å². The number of fused-ring (bicyclic) bond motifs is 1. The maximum absolute atomic E-state index is 12.3. The number of benzene rings is 2. The van der Waals surface area contributed by atoms with Crippen LogP contribution in [0.1, 0.15) is 33.2 Å². The van der Waals surface area contributed by atoms with E-state index < -0.39 is 36.3 Å². The Hall–Kier alpha value is -3.99. The molecule has 8 heteroatoms. The first-order valence-corrected chi connectivity index (χ1v) is 8.37. The molecule has 0 aromatic heterocycles. The Morgan fingerprint density at radius 1 is 1.07 bits per heavy atom. The topological polar surface area (TPSA) is 117 Å². The van der Waals surface area contributed by atoms with Gasteiger partial charge in [-0.15, -0.1) is 0 Å². The number of esters is 1.